The second kappa shape index (κ2) is 9.22. The maximum atomic E-state index is 13.9. The van der Waals surface area contributed by atoms with Crippen molar-refractivity contribution in [3.63, 3.8) is 0 Å². The van der Waals surface area contributed by atoms with Gasteiger partial charge < -0.3 is 10.7 Å². The third-order valence-corrected chi connectivity index (χ3v) is 6.89. The van der Waals surface area contributed by atoms with Gasteiger partial charge in [0.1, 0.15) is 5.82 Å². The molecule has 4 rings (SSSR count). The highest BCUT2D eigenvalue weighted by molar-refractivity contribution is 7.99. The Morgan fingerprint density at radius 1 is 1.19 bits per heavy atom. The Hall–Kier alpha value is -2.67. The molecule has 7 heteroatoms. The molecular formula is C24H25F2N3OS. The molecule has 0 aliphatic heterocycles. The van der Waals surface area contributed by atoms with Crippen LogP contribution in [-0.2, 0) is 11.2 Å². The fourth-order valence-electron chi connectivity index (χ4n) is 4.32. The topological polar surface area (TPSA) is 71.8 Å². The monoisotopic (exact) mass is 441 g/mol. The van der Waals surface area contributed by atoms with Crippen LogP contribution in [-0.4, -0.2) is 27.6 Å². The smallest absolute Gasteiger partial charge is 0.249 e. The van der Waals surface area contributed by atoms with Gasteiger partial charge in [-0.1, -0.05) is 36.4 Å². The van der Waals surface area contributed by atoms with Crippen molar-refractivity contribution in [1.29, 1.82) is 0 Å². The van der Waals surface area contributed by atoms with E-state index in [4.69, 9.17) is 5.73 Å². The number of alkyl halides is 2. The van der Waals surface area contributed by atoms with Crippen LogP contribution in [0.3, 0.4) is 0 Å². The fraction of sp³-hybridized carbons (Fsp3) is 0.333. The second-order valence-electron chi connectivity index (χ2n) is 7.96. The number of aryl methyl sites for hydroxylation is 1. The molecule has 3 aromatic rings. The van der Waals surface area contributed by atoms with E-state index in [1.165, 1.54) is 0 Å². The van der Waals surface area contributed by atoms with Crippen LogP contribution in [0.1, 0.15) is 36.6 Å². The molecule has 0 spiro atoms. The highest BCUT2D eigenvalue weighted by Crippen LogP contribution is 2.47. The molecule has 1 aliphatic carbocycles. The lowest BCUT2D eigenvalue weighted by Gasteiger charge is -2.35. The largest absolute Gasteiger partial charge is 0.369 e. The molecule has 1 aromatic heterocycles. The van der Waals surface area contributed by atoms with E-state index in [1.54, 1.807) is 18.0 Å². The highest BCUT2D eigenvalue weighted by Gasteiger charge is 2.44. The van der Waals surface area contributed by atoms with Crippen LogP contribution in [0.2, 0.25) is 0 Å². The molecule has 31 heavy (non-hydrogen) atoms. The van der Waals surface area contributed by atoms with Crippen molar-refractivity contribution in [1.82, 2.24) is 9.97 Å². The Balaban J connectivity index is 1.52. The first kappa shape index (κ1) is 21.6. The van der Waals surface area contributed by atoms with Crippen LogP contribution >= 0.6 is 11.8 Å². The molecule has 4 nitrogen and oxygen atoms in total. The number of rotatable bonds is 7. The number of carbonyl (C=O) groups is 1. The molecule has 1 fully saturated rings. The molecule has 162 valence electrons. The van der Waals surface area contributed by atoms with E-state index < -0.39 is 24.2 Å². The third-order valence-electron chi connectivity index (χ3n) is 5.88. The van der Waals surface area contributed by atoms with Crippen LogP contribution in [0, 0.1) is 5.92 Å². The molecule has 2 aromatic carbocycles. The Bertz CT molecular complexity index is 1020. The predicted molar refractivity (Wildman–Crippen MR) is 119 cm³/mol. The van der Waals surface area contributed by atoms with Crippen LogP contribution in [0.4, 0.5) is 8.78 Å². The summed E-state index contributed by atoms with van der Waals surface area (Å²) in [6.45, 7) is 0. The number of nitrogens with two attached hydrogens (primary N) is 1. The zero-order chi connectivity index (χ0) is 21.8. The van der Waals surface area contributed by atoms with Gasteiger partial charge in [-0.25, -0.2) is 13.8 Å². The zero-order valence-corrected chi connectivity index (χ0v) is 17.9. The predicted octanol–water partition coefficient (Wildman–Crippen LogP) is 5.42. The summed E-state index contributed by atoms with van der Waals surface area (Å²) in [5.41, 5.74) is 8.42. The van der Waals surface area contributed by atoms with Gasteiger partial charge in [-0.3, -0.25) is 4.79 Å². The average molecular weight is 442 g/mol. The van der Waals surface area contributed by atoms with Gasteiger partial charge in [-0.2, -0.15) is 0 Å². The Morgan fingerprint density at radius 2 is 1.97 bits per heavy atom. The van der Waals surface area contributed by atoms with E-state index in [2.05, 4.69) is 22.1 Å². The van der Waals surface area contributed by atoms with Crippen molar-refractivity contribution in [3.05, 3.63) is 72.3 Å². The maximum Gasteiger partial charge on any atom is 0.249 e. The summed E-state index contributed by atoms with van der Waals surface area (Å²) in [4.78, 5) is 20.5. The van der Waals surface area contributed by atoms with Crippen molar-refractivity contribution in [3.8, 4) is 11.1 Å². The number of carbonyl (C=O) groups excluding carboxylic acids is 1. The number of thioether (sulfide) groups is 1. The first-order valence-corrected chi connectivity index (χ1v) is 11.4. The first-order valence-electron chi connectivity index (χ1n) is 10.4. The summed E-state index contributed by atoms with van der Waals surface area (Å²) >= 11 is 1.75. The summed E-state index contributed by atoms with van der Waals surface area (Å²) in [5.74, 6) is -2.75. The number of aromatic amines is 1. The number of hydrogen-bond acceptors (Lipinski definition) is 3. The van der Waals surface area contributed by atoms with E-state index in [0.29, 0.717) is 0 Å². The van der Waals surface area contributed by atoms with E-state index in [0.717, 1.165) is 39.6 Å². The number of imidazole rings is 1. The van der Waals surface area contributed by atoms with Crippen LogP contribution < -0.4 is 5.73 Å². The van der Waals surface area contributed by atoms with Crippen molar-refractivity contribution in [2.45, 2.75) is 42.4 Å². The molecule has 3 N–H and O–H groups in total. The van der Waals surface area contributed by atoms with Gasteiger partial charge in [-0.05, 0) is 41.2 Å². The second-order valence-corrected chi connectivity index (χ2v) is 9.13. The summed E-state index contributed by atoms with van der Waals surface area (Å²) in [6.07, 6.45) is 3.99. The van der Waals surface area contributed by atoms with Gasteiger partial charge >= 0.3 is 0 Å². The van der Waals surface area contributed by atoms with E-state index in [-0.39, 0.29) is 18.8 Å². The van der Waals surface area contributed by atoms with Crippen molar-refractivity contribution in [2.75, 3.05) is 5.75 Å². The standard InChI is InChI=1S/C24H25F2N3OS/c25-24(26)11-9-20(21(15-24)23(27)30)19-4-2-1-3-18(19)16-5-7-17(8-6-16)31-14-10-22-28-12-13-29-22/h1-8,12-13,20-21H,9-11,14-15H2,(H2,27,30)(H,28,29). The number of halogens is 2. The van der Waals surface area contributed by atoms with Crippen LogP contribution in [0.25, 0.3) is 11.1 Å². The number of amides is 1. The maximum absolute atomic E-state index is 13.9. The normalized spacial score (nSPS) is 20.5. The molecule has 2 atom stereocenters. The van der Waals surface area contributed by atoms with Crippen molar-refractivity contribution >= 4 is 17.7 Å². The number of hydrogen-bond donors (Lipinski definition) is 2. The molecule has 0 bridgehead atoms. The van der Waals surface area contributed by atoms with Gasteiger partial charge in [0.05, 0.1) is 5.92 Å². The number of aromatic nitrogens is 2. The van der Waals surface area contributed by atoms with Gasteiger partial charge in [-0.15, -0.1) is 11.8 Å². The minimum absolute atomic E-state index is 0.221. The molecule has 2 unspecified atom stereocenters. The van der Waals surface area contributed by atoms with Crippen LogP contribution in [0.15, 0.2) is 65.8 Å². The molecule has 1 aliphatic rings. The summed E-state index contributed by atoms with van der Waals surface area (Å²) in [7, 11) is 0. The summed E-state index contributed by atoms with van der Waals surface area (Å²) < 4.78 is 27.9. The van der Waals surface area contributed by atoms with Gasteiger partial charge in [0, 0.05) is 42.3 Å². The van der Waals surface area contributed by atoms with E-state index in [1.807, 2.05) is 42.6 Å². The molecule has 1 amide bonds. The van der Waals surface area contributed by atoms with Crippen molar-refractivity contribution < 1.29 is 13.6 Å². The van der Waals surface area contributed by atoms with E-state index in [9.17, 15) is 13.6 Å². The van der Waals surface area contributed by atoms with Gasteiger partial charge in [0.15, 0.2) is 0 Å². The fourth-order valence-corrected chi connectivity index (χ4v) is 5.18. The minimum atomic E-state index is -2.83. The zero-order valence-electron chi connectivity index (χ0n) is 17.1. The number of benzene rings is 2. The number of primary amides is 1. The average Bonchev–Trinajstić information content (AvgIpc) is 3.27. The molecular weight excluding hydrogens is 416 g/mol. The number of nitrogens with one attached hydrogen (secondary N) is 1. The molecule has 0 saturated heterocycles. The van der Waals surface area contributed by atoms with Crippen LogP contribution in [0.5, 0.6) is 0 Å². The Morgan fingerprint density at radius 3 is 2.68 bits per heavy atom. The minimum Gasteiger partial charge on any atom is -0.369 e. The van der Waals surface area contributed by atoms with E-state index >= 15 is 0 Å². The number of nitrogens with zero attached hydrogens (tertiary/aromatic N) is 1. The lowest BCUT2D eigenvalue weighted by Crippen LogP contribution is -2.39. The highest BCUT2D eigenvalue weighted by atomic mass is 32.2. The Kier molecular flexibility index (Phi) is 6.41. The summed E-state index contributed by atoms with van der Waals surface area (Å²) in [6, 6.07) is 16.0. The Labute approximate surface area is 184 Å². The van der Waals surface area contributed by atoms with Gasteiger partial charge in [0.25, 0.3) is 0 Å². The third kappa shape index (κ3) is 5.15. The number of H-pyrrole nitrogens is 1. The lowest BCUT2D eigenvalue weighted by atomic mass is 9.72. The summed E-state index contributed by atoms with van der Waals surface area (Å²) in [5, 5.41) is 0. The first-order chi connectivity index (χ1) is 14.9. The lowest BCUT2D eigenvalue weighted by molar-refractivity contribution is -0.130. The van der Waals surface area contributed by atoms with Gasteiger partial charge in [0.2, 0.25) is 11.8 Å². The quantitative estimate of drug-likeness (QED) is 0.481. The SMILES string of the molecule is NC(=O)C1CC(F)(F)CCC1c1ccccc1-c1ccc(SCCc2ncc[nH]2)cc1. The molecule has 0 radical (unpaired) electrons. The molecule has 1 saturated carbocycles. The molecule has 1 heterocycles. The van der Waals surface area contributed by atoms with Crippen molar-refractivity contribution in [2.24, 2.45) is 11.7 Å².